The Balaban J connectivity index is 2.77. The summed E-state index contributed by atoms with van der Waals surface area (Å²) in [6.45, 7) is 1.31. The van der Waals surface area contributed by atoms with Gasteiger partial charge in [0, 0.05) is 10.0 Å². The van der Waals surface area contributed by atoms with Crippen molar-refractivity contribution in [2.24, 2.45) is 0 Å². The average Bonchev–Trinajstić information content (AvgIpc) is 2.25. The van der Waals surface area contributed by atoms with E-state index in [4.69, 9.17) is 5.11 Å². The fourth-order valence-corrected chi connectivity index (χ4v) is 1.48. The van der Waals surface area contributed by atoms with Crippen LogP contribution in [0.3, 0.4) is 0 Å². The van der Waals surface area contributed by atoms with Gasteiger partial charge in [-0.25, -0.2) is 4.79 Å². The second-order valence-corrected chi connectivity index (χ2v) is 4.45. The lowest BCUT2D eigenvalue weighted by molar-refractivity contribution is -0.141. The van der Waals surface area contributed by atoms with Crippen LogP contribution in [0.1, 0.15) is 17.3 Å². The molecule has 0 aliphatic rings. The molecular formula is C11H12BrNO4. The highest BCUT2D eigenvalue weighted by Crippen LogP contribution is 2.10. The molecule has 0 aliphatic heterocycles. The summed E-state index contributed by atoms with van der Waals surface area (Å²) in [5.41, 5.74) is 0.333. The lowest BCUT2D eigenvalue weighted by Gasteiger charge is -2.16. The largest absolute Gasteiger partial charge is 0.480 e. The van der Waals surface area contributed by atoms with Gasteiger partial charge in [-0.3, -0.25) is 4.79 Å². The van der Waals surface area contributed by atoms with Crippen molar-refractivity contribution in [3.63, 3.8) is 0 Å². The van der Waals surface area contributed by atoms with Gasteiger partial charge in [-0.2, -0.15) is 0 Å². The molecule has 1 aromatic carbocycles. The Morgan fingerprint density at radius 3 is 2.24 bits per heavy atom. The maximum Gasteiger partial charge on any atom is 0.328 e. The van der Waals surface area contributed by atoms with Crippen LogP contribution in [-0.4, -0.2) is 34.2 Å². The Kier molecular flexibility index (Phi) is 4.65. The number of rotatable bonds is 4. The van der Waals surface area contributed by atoms with E-state index in [9.17, 15) is 14.7 Å². The van der Waals surface area contributed by atoms with E-state index >= 15 is 0 Å². The maximum atomic E-state index is 11.7. The molecule has 0 spiro atoms. The first kappa shape index (κ1) is 13.7. The highest BCUT2D eigenvalue weighted by atomic mass is 79.9. The van der Waals surface area contributed by atoms with Gasteiger partial charge in [-0.05, 0) is 31.2 Å². The molecule has 0 radical (unpaired) electrons. The summed E-state index contributed by atoms with van der Waals surface area (Å²) in [5.74, 6) is -1.81. The molecule has 92 valence electrons. The molecular weight excluding hydrogens is 290 g/mol. The number of aliphatic carboxylic acids is 1. The zero-order valence-corrected chi connectivity index (χ0v) is 10.6. The van der Waals surface area contributed by atoms with Crippen molar-refractivity contribution in [2.45, 2.75) is 19.1 Å². The van der Waals surface area contributed by atoms with Crippen molar-refractivity contribution in [2.75, 3.05) is 0 Å². The second kappa shape index (κ2) is 5.79. The number of benzene rings is 1. The Bertz CT molecular complexity index is 416. The summed E-state index contributed by atoms with van der Waals surface area (Å²) in [7, 11) is 0. The monoisotopic (exact) mass is 301 g/mol. The van der Waals surface area contributed by atoms with Gasteiger partial charge < -0.3 is 15.5 Å². The van der Waals surface area contributed by atoms with Gasteiger partial charge in [0.05, 0.1) is 6.10 Å². The Morgan fingerprint density at radius 1 is 1.29 bits per heavy atom. The Hall–Kier alpha value is -1.40. The predicted molar refractivity (Wildman–Crippen MR) is 64.7 cm³/mol. The molecule has 0 aliphatic carbocycles. The van der Waals surface area contributed by atoms with Gasteiger partial charge in [0.25, 0.3) is 5.91 Å². The number of amides is 1. The van der Waals surface area contributed by atoms with Gasteiger partial charge in [0.15, 0.2) is 6.04 Å². The van der Waals surface area contributed by atoms with Crippen LogP contribution < -0.4 is 5.32 Å². The first-order valence-corrected chi connectivity index (χ1v) is 5.68. The SMILES string of the molecule is C[C@@H](O)[C@H](NC(=O)c1ccc(Br)cc1)C(=O)O. The number of carbonyl (C=O) groups is 2. The van der Waals surface area contributed by atoms with Crippen molar-refractivity contribution < 1.29 is 19.8 Å². The molecule has 0 bridgehead atoms. The molecule has 0 saturated carbocycles. The maximum absolute atomic E-state index is 11.7. The third-order valence-corrected chi connectivity index (χ3v) is 2.67. The molecule has 5 nitrogen and oxygen atoms in total. The van der Waals surface area contributed by atoms with E-state index in [1.54, 1.807) is 24.3 Å². The van der Waals surface area contributed by atoms with E-state index in [-0.39, 0.29) is 0 Å². The predicted octanol–water partition coefficient (Wildman–Crippen LogP) is 1.01. The molecule has 1 rings (SSSR count). The third kappa shape index (κ3) is 3.83. The van der Waals surface area contributed by atoms with E-state index < -0.39 is 24.0 Å². The summed E-state index contributed by atoms with van der Waals surface area (Å²) in [6.07, 6.45) is -1.16. The van der Waals surface area contributed by atoms with Crippen LogP contribution in [0.5, 0.6) is 0 Å². The minimum atomic E-state index is -1.31. The fourth-order valence-electron chi connectivity index (χ4n) is 1.21. The van der Waals surface area contributed by atoms with Crippen molar-refractivity contribution >= 4 is 27.8 Å². The molecule has 0 saturated heterocycles. The number of aliphatic hydroxyl groups is 1. The van der Waals surface area contributed by atoms with Crippen LogP contribution in [0.4, 0.5) is 0 Å². The molecule has 1 amide bonds. The fraction of sp³-hybridized carbons (Fsp3) is 0.273. The molecule has 17 heavy (non-hydrogen) atoms. The van der Waals surface area contributed by atoms with Crippen LogP contribution in [0.15, 0.2) is 28.7 Å². The summed E-state index contributed by atoms with van der Waals surface area (Å²) in [6, 6.07) is 5.15. The standard InChI is InChI=1S/C11H12BrNO4/c1-6(14)9(11(16)17)13-10(15)7-2-4-8(12)5-3-7/h2-6,9,14H,1H3,(H,13,15)(H,16,17)/t6-,9+/m1/s1. The zero-order chi connectivity index (χ0) is 13.0. The van der Waals surface area contributed by atoms with E-state index in [2.05, 4.69) is 21.2 Å². The highest BCUT2D eigenvalue weighted by Gasteiger charge is 2.25. The first-order valence-electron chi connectivity index (χ1n) is 4.89. The molecule has 0 fully saturated rings. The Labute approximate surface area is 107 Å². The number of nitrogens with one attached hydrogen (secondary N) is 1. The van der Waals surface area contributed by atoms with Crippen molar-refractivity contribution in [1.29, 1.82) is 0 Å². The molecule has 0 aromatic heterocycles. The third-order valence-electron chi connectivity index (χ3n) is 2.14. The summed E-state index contributed by atoms with van der Waals surface area (Å²) in [4.78, 5) is 22.5. The lowest BCUT2D eigenvalue weighted by atomic mass is 10.1. The summed E-state index contributed by atoms with van der Waals surface area (Å²) in [5, 5.41) is 20.3. The number of hydrogen-bond acceptors (Lipinski definition) is 3. The van der Waals surface area contributed by atoms with Crippen molar-refractivity contribution in [1.82, 2.24) is 5.32 Å². The topological polar surface area (TPSA) is 86.6 Å². The number of carboxylic acid groups (broad SMARTS) is 1. The highest BCUT2D eigenvalue weighted by molar-refractivity contribution is 9.10. The normalized spacial score (nSPS) is 13.8. The molecule has 1 aromatic rings. The minimum absolute atomic E-state index is 0.333. The van der Waals surface area contributed by atoms with Crippen molar-refractivity contribution in [3.05, 3.63) is 34.3 Å². The number of carbonyl (C=O) groups excluding carboxylic acids is 1. The van der Waals surface area contributed by atoms with Crippen LogP contribution in [-0.2, 0) is 4.79 Å². The molecule has 3 N–H and O–H groups in total. The average molecular weight is 302 g/mol. The van der Waals surface area contributed by atoms with Crippen LogP contribution in [0.2, 0.25) is 0 Å². The van der Waals surface area contributed by atoms with E-state index in [0.717, 1.165) is 4.47 Å². The van der Waals surface area contributed by atoms with Crippen LogP contribution >= 0.6 is 15.9 Å². The zero-order valence-electron chi connectivity index (χ0n) is 9.05. The van der Waals surface area contributed by atoms with Gasteiger partial charge in [-0.15, -0.1) is 0 Å². The number of halogens is 1. The summed E-state index contributed by atoms with van der Waals surface area (Å²) >= 11 is 3.23. The van der Waals surface area contributed by atoms with Gasteiger partial charge in [0.1, 0.15) is 0 Å². The summed E-state index contributed by atoms with van der Waals surface area (Å²) < 4.78 is 0.819. The van der Waals surface area contributed by atoms with E-state index in [0.29, 0.717) is 5.56 Å². The first-order chi connectivity index (χ1) is 7.91. The van der Waals surface area contributed by atoms with E-state index in [1.165, 1.54) is 6.92 Å². The van der Waals surface area contributed by atoms with Crippen LogP contribution in [0, 0.1) is 0 Å². The van der Waals surface area contributed by atoms with E-state index in [1.807, 2.05) is 0 Å². The smallest absolute Gasteiger partial charge is 0.328 e. The minimum Gasteiger partial charge on any atom is -0.480 e. The van der Waals surface area contributed by atoms with Gasteiger partial charge in [0.2, 0.25) is 0 Å². The molecule has 2 atom stereocenters. The number of hydrogen-bond donors (Lipinski definition) is 3. The second-order valence-electron chi connectivity index (χ2n) is 3.54. The molecule has 6 heteroatoms. The lowest BCUT2D eigenvalue weighted by Crippen LogP contribution is -2.47. The van der Waals surface area contributed by atoms with Gasteiger partial charge >= 0.3 is 5.97 Å². The Morgan fingerprint density at radius 2 is 1.82 bits per heavy atom. The number of carboxylic acids is 1. The number of aliphatic hydroxyl groups excluding tert-OH is 1. The van der Waals surface area contributed by atoms with Gasteiger partial charge in [-0.1, -0.05) is 15.9 Å². The van der Waals surface area contributed by atoms with Crippen LogP contribution in [0.25, 0.3) is 0 Å². The van der Waals surface area contributed by atoms with Crippen molar-refractivity contribution in [3.8, 4) is 0 Å². The quantitative estimate of drug-likeness (QED) is 0.775. The molecule has 0 heterocycles. The molecule has 0 unspecified atom stereocenters.